The first-order chi connectivity index (χ1) is 13.2. The quantitative estimate of drug-likeness (QED) is 0.522. The summed E-state index contributed by atoms with van der Waals surface area (Å²) in [7, 11) is 0. The summed E-state index contributed by atoms with van der Waals surface area (Å²) in [6.45, 7) is 4.93. The predicted molar refractivity (Wildman–Crippen MR) is 101 cm³/mol. The highest BCUT2D eigenvalue weighted by molar-refractivity contribution is 5.55. The summed E-state index contributed by atoms with van der Waals surface area (Å²) >= 11 is 0. The summed E-state index contributed by atoms with van der Waals surface area (Å²) in [5.41, 5.74) is 2.66. The monoisotopic (exact) mass is 364 g/mol. The van der Waals surface area contributed by atoms with Gasteiger partial charge in [0.15, 0.2) is 5.65 Å². The topological polar surface area (TPSA) is 60.9 Å². The Morgan fingerprint density at radius 3 is 2.81 bits per heavy atom. The van der Waals surface area contributed by atoms with Crippen LogP contribution in [0.4, 0.5) is 4.39 Å². The number of aromatic nitrogens is 6. The normalized spacial score (nSPS) is 11.4. The number of halogens is 1. The number of aryl methyl sites for hydroxylation is 2. The van der Waals surface area contributed by atoms with Gasteiger partial charge in [-0.1, -0.05) is 31.5 Å². The first-order valence-corrected chi connectivity index (χ1v) is 9.13. The molecule has 4 rings (SSSR count). The molecule has 138 valence electrons. The Morgan fingerprint density at radius 2 is 2.00 bits per heavy atom. The molecular weight excluding hydrogens is 343 g/mol. The molecule has 7 heteroatoms. The third-order valence-electron chi connectivity index (χ3n) is 4.57. The molecule has 0 aliphatic rings. The van der Waals surface area contributed by atoms with Gasteiger partial charge >= 0.3 is 0 Å². The van der Waals surface area contributed by atoms with Crippen molar-refractivity contribution in [1.29, 1.82) is 0 Å². The van der Waals surface area contributed by atoms with E-state index in [9.17, 15) is 4.39 Å². The molecule has 0 bridgehead atoms. The van der Waals surface area contributed by atoms with E-state index in [1.807, 2.05) is 34.5 Å². The van der Waals surface area contributed by atoms with Crippen molar-refractivity contribution < 1.29 is 4.39 Å². The molecule has 0 fully saturated rings. The zero-order valence-corrected chi connectivity index (χ0v) is 15.4. The van der Waals surface area contributed by atoms with Gasteiger partial charge < -0.3 is 4.40 Å². The van der Waals surface area contributed by atoms with Crippen LogP contribution in [0, 0.1) is 12.7 Å². The first-order valence-electron chi connectivity index (χ1n) is 9.13. The summed E-state index contributed by atoms with van der Waals surface area (Å²) in [4.78, 5) is 13.7. The Morgan fingerprint density at radius 1 is 1.15 bits per heavy atom. The second-order valence-electron chi connectivity index (χ2n) is 6.56. The lowest BCUT2D eigenvalue weighted by Gasteiger charge is -2.07. The molecule has 0 aliphatic heterocycles. The Hall–Kier alpha value is -3.09. The molecule has 0 saturated carbocycles. The molecule has 0 atom stereocenters. The molecule has 6 nitrogen and oxygen atoms in total. The smallest absolute Gasteiger partial charge is 0.201 e. The first kappa shape index (κ1) is 17.3. The standard InChI is InChI=1S/C20H21FN6/c1-3-4-10-27-14(2)23-19(25-27)18-13-26-11-9-22-20(26)17(24-18)12-15-7-5-6-8-16(15)21/h5-9,11,13H,3-4,10,12H2,1-2H3. The van der Waals surface area contributed by atoms with Gasteiger partial charge in [0, 0.05) is 31.6 Å². The zero-order chi connectivity index (χ0) is 18.8. The van der Waals surface area contributed by atoms with Crippen LogP contribution in [0.25, 0.3) is 17.2 Å². The molecule has 0 radical (unpaired) electrons. The number of hydrogen-bond acceptors (Lipinski definition) is 4. The fraction of sp³-hybridized carbons (Fsp3) is 0.300. The average molecular weight is 364 g/mol. The van der Waals surface area contributed by atoms with Crippen molar-refractivity contribution in [3.63, 3.8) is 0 Å². The molecule has 4 aromatic rings. The summed E-state index contributed by atoms with van der Waals surface area (Å²) in [6, 6.07) is 6.74. The molecule has 0 saturated heterocycles. The Labute approximate surface area is 156 Å². The molecule has 27 heavy (non-hydrogen) atoms. The lowest BCUT2D eigenvalue weighted by molar-refractivity contribution is 0.557. The minimum absolute atomic E-state index is 0.243. The van der Waals surface area contributed by atoms with E-state index < -0.39 is 0 Å². The molecule has 0 unspecified atom stereocenters. The van der Waals surface area contributed by atoms with E-state index in [1.54, 1.807) is 18.3 Å². The highest BCUT2D eigenvalue weighted by Gasteiger charge is 2.15. The van der Waals surface area contributed by atoms with Gasteiger partial charge in [-0.3, -0.25) is 0 Å². The lowest BCUT2D eigenvalue weighted by Crippen LogP contribution is -2.04. The van der Waals surface area contributed by atoms with E-state index in [0.717, 1.165) is 25.2 Å². The van der Waals surface area contributed by atoms with Crippen molar-refractivity contribution in [3.8, 4) is 11.5 Å². The second-order valence-corrected chi connectivity index (χ2v) is 6.56. The average Bonchev–Trinajstić information content (AvgIpc) is 3.28. The van der Waals surface area contributed by atoms with Gasteiger partial charge in [-0.15, -0.1) is 5.10 Å². The SMILES string of the molecule is CCCCn1nc(-c2cn3ccnc3c(Cc3ccccc3F)n2)nc1C. The van der Waals surface area contributed by atoms with Crippen molar-refractivity contribution in [2.24, 2.45) is 0 Å². The largest absolute Gasteiger partial charge is 0.303 e. The van der Waals surface area contributed by atoms with Crippen LogP contribution in [0.5, 0.6) is 0 Å². The number of imidazole rings is 1. The molecule has 3 heterocycles. The minimum Gasteiger partial charge on any atom is -0.303 e. The van der Waals surface area contributed by atoms with E-state index in [-0.39, 0.29) is 5.82 Å². The number of rotatable bonds is 6. The van der Waals surface area contributed by atoms with Gasteiger partial charge in [0.05, 0.1) is 5.69 Å². The summed E-state index contributed by atoms with van der Waals surface area (Å²) in [6.07, 6.45) is 7.94. The maximum atomic E-state index is 14.1. The molecule has 0 aliphatic carbocycles. The van der Waals surface area contributed by atoms with Gasteiger partial charge in [0.1, 0.15) is 17.3 Å². The zero-order valence-electron chi connectivity index (χ0n) is 15.4. The summed E-state index contributed by atoms with van der Waals surface area (Å²) in [5, 5.41) is 4.61. The van der Waals surface area contributed by atoms with Crippen LogP contribution in [-0.4, -0.2) is 29.1 Å². The lowest BCUT2D eigenvalue weighted by atomic mass is 10.1. The number of benzene rings is 1. The van der Waals surface area contributed by atoms with Gasteiger partial charge in [-0.05, 0) is 25.0 Å². The Balaban J connectivity index is 1.76. The number of hydrogen-bond donors (Lipinski definition) is 0. The van der Waals surface area contributed by atoms with Crippen LogP contribution in [0.15, 0.2) is 42.9 Å². The molecule has 0 N–H and O–H groups in total. The molecular formula is C20H21FN6. The number of unbranched alkanes of at least 4 members (excludes halogenated alkanes) is 1. The second kappa shape index (κ2) is 7.26. The fourth-order valence-corrected chi connectivity index (χ4v) is 3.09. The maximum Gasteiger partial charge on any atom is 0.201 e. The van der Waals surface area contributed by atoms with Crippen LogP contribution in [0.2, 0.25) is 0 Å². The highest BCUT2D eigenvalue weighted by atomic mass is 19.1. The summed E-state index contributed by atoms with van der Waals surface area (Å²) < 4.78 is 17.9. The number of nitrogens with zero attached hydrogens (tertiary/aromatic N) is 6. The van der Waals surface area contributed by atoms with Crippen molar-refractivity contribution in [1.82, 2.24) is 29.1 Å². The minimum atomic E-state index is -0.243. The van der Waals surface area contributed by atoms with Gasteiger partial charge in [0.2, 0.25) is 5.82 Å². The molecule has 0 amide bonds. The Bertz CT molecular complexity index is 1080. The van der Waals surface area contributed by atoms with Crippen molar-refractivity contribution in [3.05, 3.63) is 65.8 Å². The fourth-order valence-electron chi connectivity index (χ4n) is 3.09. The third-order valence-corrected chi connectivity index (χ3v) is 4.57. The molecule has 1 aromatic carbocycles. The maximum absolute atomic E-state index is 14.1. The van der Waals surface area contributed by atoms with Crippen molar-refractivity contribution in [2.75, 3.05) is 0 Å². The van der Waals surface area contributed by atoms with Crippen LogP contribution in [0.3, 0.4) is 0 Å². The van der Waals surface area contributed by atoms with Crippen LogP contribution >= 0.6 is 0 Å². The van der Waals surface area contributed by atoms with Crippen LogP contribution in [-0.2, 0) is 13.0 Å². The summed E-state index contributed by atoms with van der Waals surface area (Å²) in [5.74, 6) is 1.20. The van der Waals surface area contributed by atoms with Crippen LogP contribution in [0.1, 0.15) is 36.8 Å². The number of fused-ring (bicyclic) bond motifs is 1. The van der Waals surface area contributed by atoms with Crippen molar-refractivity contribution >= 4 is 5.65 Å². The van der Waals surface area contributed by atoms with Gasteiger partial charge in [-0.2, -0.15) is 0 Å². The van der Waals surface area contributed by atoms with E-state index in [4.69, 9.17) is 4.98 Å². The van der Waals surface area contributed by atoms with Gasteiger partial charge in [0.25, 0.3) is 0 Å². The van der Waals surface area contributed by atoms with E-state index >= 15 is 0 Å². The van der Waals surface area contributed by atoms with E-state index in [0.29, 0.717) is 34.8 Å². The predicted octanol–water partition coefficient (Wildman–Crippen LogP) is 3.83. The molecule has 3 aromatic heterocycles. The third kappa shape index (κ3) is 3.45. The van der Waals surface area contributed by atoms with Crippen LogP contribution < -0.4 is 0 Å². The highest BCUT2D eigenvalue weighted by Crippen LogP contribution is 2.20. The van der Waals surface area contributed by atoms with E-state index in [2.05, 4.69) is 22.0 Å². The van der Waals surface area contributed by atoms with Crippen molar-refractivity contribution in [2.45, 2.75) is 39.7 Å². The molecule has 0 spiro atoms. The van der Waals surface area contributed by atoms with E-state index in [1.165, 1.54) is 6.07 Å². The Kier molecular flexibility index (Phi) is 4.66. The van der Waals surface area contributed by atoms with Gasteiger partial charge in [-0.25, -0.2) is 24.0 Å².